The summed E-state index contributed by atoms with van der Waals surface area (Å²) in [6, 6.07) is 0. The first kappa shape index (κ1) is 16.2. The lowest BCUT2D eigenvalue weighted by molar-refractivity contribution is -0.326. The largest absolute Gasteiger partial charge is 0.388 e. The standard InChI is InChI=1S/2C4H10O3/c1-3-4(5,6)7-2;1-3(5)4(6)7-2/h5-6H,3H2,1-2H3;3-6H,1-2H3. The normalized spacial score (nSPS) is 15.4. The van der Waals surface area contributed by atoms with Crippen molar-refractivity contribution in [2.75, 3.05) is 14.2 Å². The third-order valence-corrected chi connectivity index (χ3v) is 1.44. The van der Waals surface area contributed by atoms with Crippen molar-refractivity contribution >= 4 is 0 Å². The van der Waals surface area contributed by atoms with Gasteiger partial charge >= 0.3 is 0 Å². The molecular weight excluding hydrogens is 192 g/mol. The quantitative estimate of drug-likeness (QED) is 0.447. The van der Waals surface area contributed by atoms with Gasteiger partial charge in [-0.25, -0.2) is 0 Å². The Morgan fingerprint density at radius 3 is 1.64 bits per heavy atom. The van der Waals surface area contributed by atoms with E-state index in [2.05, 4.69) is 9.47 Å². The first-order chi connectivity index (χ1) is 6.30. The average Bonchev–Trinajstić information content (AvgIpc) is 2.17. The highest BCUT2D eigenvalue weighted by Crippen LogP contribution is 2.02. The third-order valence-electron chi connectivity index (χ3n) is 1.44. The SMILES string of the molecule is CCC(O)(O)OC.COC(O)C(C)O. The Kier molecular flexibility index (Phi) is 9.37. The van der Waals surface area contributed by atoms with Crippen molar-refractivity contribution in [1.82, 2.24) is 0 Å². The van der Waals surface area contributed by atoms with Crippen LogP contribution in [0.1, 0.15) is 20.3 Å². The fourth-order valence-corrected chi connectivity index (χ4v) is 0.341. The van der Waals surface area contributed by atoms with E-state index in [0.29, 0.717) is 0 Å². The zero-order valence-electron chi connectivity index (χ0n) is 8.97. The minimum absolute atomic E-state index is 0.184. The molecule has 0 aromatic rings. The molecule has 2 atom stereocenters. The molecule has 0 spiro atoms. The molecule has 0 heterocycles. The summed E-state index contributed by atoms with van der Waals surface area (Å²) in [6.45, 7) is 3.07. The molecule has 88 valence electrons. The van der Waals surface area contributed by atoms with Crippen molar-refractivity contribution in [2.45, 2.75) is 38.6 Å². The van der Waals surface area contributed by atoms with E-state index in [1.165, 1.54) is 21.1 Å². The van der Waals surface area contributed by atoms with Crippen LogP contribution in [-0.4, -0.2) is 53.0 Å². The highest BCUT2D eigenvalue weighted by molar-refractivity contribution is 4.45. The lowest BCUT2D eigenvalue weighted by atomic mass is 10.4. The Bertz CT molecular complexity index is 119. The topological polar surface area (TPSA) is 99.4 Å². The minimum atomic E-state index is -1.92. The lowest BCUT2D eigenvalue weighted by Crippen LogP contribution is -2.28. The molecule has 6 heteroatoms. The Hall–Kier alpha value is -0.240. The van der Waals surface area contributed by atoms with Crippen LogP contribution in [0.25, 0.3) is 0 Å². The summed E-state index contributed by atoms with van der Waals surface area (Å²) in [5.41, 5.74) is 0. The van der Waals surface area contributed by atoms with Gasteiger partial charge in [0, 0.05) is 20.6 Å². The van der Waals surface area contributed by atoms with Gasteiger partial charge in [0.1, 0.15) is 6.10 Å². The van der Waals surface area contributed by atoms with Gasteiger partial charge < -0.3 is 29.9 Å². The first-order valence-corrected chi connectivity index (χ1v) is 4.19. The van der Waals surface area contributed by atoms with Crippen molar-refractivity contribution in [3.05, 3.63) is 0 Å². The van der Waals surface area contributed by atoms with Gasteiger partial charge in [0.05, 0.1) is 0 Å². The second-order valence-electron chi connectivity index (χ2n) is 2.67. The molecule has 0 amide bonds. The summed E-state index contributed by atoms with van der Waals surface area (Å²) >= 11 is 0. The van der Waals surface area contributed by atoms with Crippen LogP contribution >= 0.6 is 0 Å². The van der Waals surface area contributed by atoms with E-state index >= 15 is 0 Å². The molecule has 0 aliphatic carbocycles. The summed E-state index contributed by atoms with van der Waals surface area (Å²) in [5, 5.41) is 33.8. The van der Waals surface area contributed by atoms with E-state index in [9.17, 15) is 0 Å². The van der Waals surface area contributed by atoms with Gasteiger partial charge in [-0.05, 0) is 6.92 Å². The Labute approximate surface area is 83.7 Å². The molecule has 4 N–H and O–H groups in total. The highest BCUT2D eigenvalue weighted by Gasteiger charge is 2.17. The van der Waals surface area contributed by atoms with E-state index in [0.717, 1.165) is 0 Å². The predicted molar refractivity (Wildman–Crippen MR) is 49.2 cm³/mol. The molecular formula is C8H20O6. The van der Waals surface area contributed by atoms with Crippen LogP contribution in [0.15, 0.2) is 0 Å². The second kappa shape index (κ2) is 8.10. The van der Waals surface area contributed by atoms with Gasteiger partial charge in [0.2, 0.25) is 0 Å². The van der Waals surface area contributed by atoms with Gasteiger partial charge in [-0.2, -0.15) is 0 Å². The highest BCUT2D eigenvalue weighted by atomic mass is 16.8. The summed E-state index contributed by atoms with van der Waals surface area (Å²) in [5.74, 6) is -1.92. The smallest absolute Gasteiger partial charge is 0.277 e. The fourth-order valence-electron chi connectivity index (χ4n) is 0.341. The monoisotopic (exact) mass is 212 g/mol. The molecule has 0 saturated heterocycles. The van der Waals surface area contributed by atoms with E-state index in [-0.39, 0.29) is 6.42 Å². The molecule has 0 bridgehead atoms. The maximum atomic E-state index is 8.47. The lowest BCUT2D eigenvalue weighted by Gasteiger charge is -2.15. The minimum Gasteiger partial charge on any atom is -0.388 e. The predicted octanol–water partition coefficient (Wildman–Crippen LogP) is -0.987. The number of ether oxygens (including phenoxy) is 2. The maximum absolute atomic E-state index is 8.47. The summed E-state index contributed by atoms with van der Waals surface area (Å²) in [6.07, 6.45) is -1.66. The number of methoxy groups -OCH3 is 2. The molecule has 0 aliphatic heterocycles. The molecule has 0 radical (unpaired) electrons. The molecule has 0 aromatic carbocycles. The van der Waals surface area contributed by atoms with Gasteiger partial charge in [0.25, 0.3) is 5.97 Å². The number of rotatable bonds is 4. The Balaban J connectivity index is 0. The molecule has 0 aromatic heterocycles. The van der Waals surface area contributed by atoms with Crippen molar-refractivity contribution in [2.24, 2.45) is 0 Å². The second-order valence-corrected chi connectivity index (χ2v) is 2.67. The number of hydrogen-bond acceptors (Lipinski definition) is 6. The van der Waals surface area contributed by atoms with Crippen LogP contribution in [-0.2, 0) is 9.47 Å². The number of aliphatic hydroxyl groups excluding tert-OH is 2. The van der Waals surface area contributed by atoms with Crippen molar-refractivity contribution in [3.8, 4) is 0 Å². The maximum Gasteiger partial charge on any atom is 0.277 e. The molecule has 0 rings (SSSR count). The molecule has 0 fully saturated rings. The van der Waals surface area contributed by atoms with Crippen molar-refractivity contribution < 1.29 is 29.9 Å². The van der Waals surface area contributed by atoms with Crippen LogP contribution in [0.2, 0.25) is 0 Å². The summed E-state index contributed by atoms with van der Waals surface area (Å²) < 4.78 is 8.52. The fraction of sp³-hybridized carbons (Fsp3) is 1.00. The van der Waals surface area contributed by atoms with Gasteiger partial charge in [-0.15, -0.1) is 0 Å². The molecule has 6 nitrogen and oxygen atoms in total. The van der Waals surface area contributed by atoms with E-state index in [1.54, 1.807) is 6.92 Å². The van der Waals surface area contributed by atoms with Crippen molar-refractivity contribution in [1.29, 1.82) is 0 Å². The number of aliphatic hydroxyl groups is 4. The van der Waals surface area contributed by atoms with Gasteiger partial charge in [-0.3, -0.25) is 0 Å². The molecule has 14 heavy (non-hydrogen) atoms. The summed E-state index contributed by atoms with van der Waals surface area (Å²) in [4.78, 5) is 0. The van der Waals surface area contributed by atoms with Crippen molar-refractivity contribution in [3.63, 3.8) is 0 Å². The average molecular weight is 212 g/mol. The van der Waals surface area contributed by atoms with Crippen LogP contribution in [0.3, 0.4) is 0 Å². The van der Waals surface area contributed by atoms with Crippen LogP contribution < -0.4 is 0 Å². The van der Waals surface area contributed by atoms with Crippen LogP contribution in [0.5, 0.6) is 0 Å². The van der Waals surface area contributed by atoms with E-state index < -0.39 is 18.4 Å². The van der Waals surface area contributed by atoms with Crippen LogP contribution in [0, 0.1) is 0 Å². The Morgan fingerprint density at radius 1 is 1.21 bits per heavy atom. The molecule has 0 saturated carbocycles. The van der Waals surface area contributed by atoms with Crippen LogP contribution in [0.4, 0.5) is 0 Å². The van der Waals surface area contributed by atoms with Gasteiger partial charge in [0.15, 0.2) is 6.29 Å². The Morgan fingerprint density at radius 2 is 1.64 bits per heavy atom. The molecule has 2 unspecified atom stereocenters. The molecule has 0 aliphatic rings. The zero-order valence-corrected chi connectivity index (χ0v) is 8.97. The third kappa shape index (κ3) is 9.85. The van der Waals surface area contributed by atoms with E-state index in [4.69, 9.17) is 20.4 Å². The zero-order chi connectivity index (χ0) is 11.8. The number of hydrogen-bond donors (Lipinski definition) is 4. The van der Waals surface area contributed by atoms with Gasteiger partial charge in [-0.1, -0.05) is 6.92 Å². The van der Waals surface area contributed by atoms with E-state index in [1.807, 2.05) is 0 Å². The first-order valence-electron chi connectivity index (χ1n) is 4.19. The summed E-state index contributed by atoms with van der Waals surface area (Å²) in [7, 11) is 2.57.